The van der Waals surface area contributed by atoms with Crippen LogP contribution in [-0.4, -0.2) is 16.5 Å². The maximum atomic E-state index is 5.83. The Morgan fingerprint density at radius 3 is 2.76 bits per heavy atom. The molecule has 2 N–H and O–H groups in total. The van der Waals surface area contributed by atoms with Crippen LogP contribution in [0.15, 0.2) is 31.4 Å². The van der Waals surface area contributed by atoms with Crippen LogP contribution in [0, 0.1) is 0 Å². The van der Waals surface area contributed by atoms with E-state index in [9.17, 15) is 0 Å². The topological polar surface area (TPSA) is 51.8 Å². The summed E-state index contributed by atoms with van der Waals surface area (Å²) in [6, 6.07) is 6.01. The van der Waals surface area contributed by atoms with Crippen LogP contribution in [0.3, 0.4) is 0 Å². The number of hydrogen-bond donors (Lipinski definition) is 1. The lowest BCUT2D eigenvalue weighted by molar-refractivity contribution is 0.955. The quantitative estimate of drug-likeness (QED) is 0.671. The average Bonchev–Trinajstić information content (AvgIpc) is 2.79. The Bertz CT molecular complexity index is 515. The Morgan fingerprint density at radius 1 is 1.35 bits per heavy atom. The summed E-state index contributed by atoms with van der Waals surface area (Å²) in [5.74, 6) is 0.862. The van der Waals surface area contributed by atoms with Crippen LogP contribution in [0.4, 0.5) is 5.69 Å². The fourth-order valence-corrected chi connectivity index (χ4v) is 3.79. The fourth-order valence-electron chi connectivity index (χ4n) is 1.17. The molecule has 7 heteroatoms. The van der Waals surface area contributed by atoms with Crippen LogP contribution < -0.4 is 5.73 Å². The zero-order valence-electron chi connectivity index (χ0n) is 9.01. The molecular formula is C10H10BrN3S3. The molecule has 2 aromatic rings. The molecule has 0 spiro atoms. The molecule has 0 aliphatic carbocycles. The number of rotatable bonds is 4. The van der Waals surface area contributed by atoms with E-state index in [2.05, 4.69) is 32.2 Å². The van der Waals surface area contributed by atoms with E-state index in [0.29, 0.717) is 0 Å². The number of nitrogens with zero attached hydrogens (tertiary/aromatic N) is 2. The number of thioether (sulfide) groups is 2. The van der Waals surface area contributed by atoms with Gasteiger partial charge in [0.1, 0.15) is 0 Å². The molecule has 17 heavy (non-hydrogen) atoms. The summed E-state index contributed by atoms with van der Waals surface area (Å²) in [5, 5.41) is 8.17. The predicted octanol–water partition coefficient (Wildman–Crippen LogP) is 3.90. The molecule has 0 radical (unpaired) electrons. The molecule has 90 valence electrons. The van der Waals surface area contributed by atoms with Gasteiger partial charge in [-0.1, -0.05) is 40.9 Å². The molecule has 1 heterocycles. The van der Waals surface area contributed by atoms with Crippen molar-refractivity contribution in [2.24, 2.45) is 0 Å². The minimum atomic E-state index is 0.769. The normalized spacial score (nSPS) is 10.7. The minimum Gasteiger partial charge on any atom is -0.398 e. The Hall–Kier alpha value is -0.240. The van der Waals surface area contributed by atoms with Crippen molar-refractivity contribution in [2.45, 2.75) is 14.4 Å². The summed E-state index contributed by atoms with van der Waals surface area (Å²) < 4.78 is 2.94. The molecule has 0 aliphatic heterocycles. The summed E-state index contributed by atoms with van der Waals surface area (Å²) >= 11 is 8.31. The van der Waals surface area contributed by atoms with Crippen LogP contribution in [0.2, 0.25) is 0 Å². The highest BCUT2D eigenvalue weighted by Gasteiger charge is 2.05. The highest BCUT2D eigenvalue weighted by atomic mass is 79.9. The monoisotopic (exact) mass is 347 g/mol. The Balaban J connectivity index is 1.99. The van der Waals surface area contributed by atoms with Gasteiger partial charge < -0.3 is 5.73 Å². The van der Waals surface area contributed by atoms with Crippen LogP contribution in [0.5, 0.6) is 0 Å². The number of halogens is 1. The van der Waals surface area contributed by atoms with Gasteiger partial charge in [0, 0.05) is 15.9 Å². The first kappa shape index (κ1) is 13.2. The van der Waals surface area contributed by atoms with Gasteiger partial charge in [0.2, 0.25) is 0 Å². The van der Waals surface area contributed by atoms with Crippen molar-refractivity contribution < 1.29 is 0 Å². The third-order valence-electron chi connectivity index (χ3n) is 1.99. The molecule has 0 amide bonds. The second kappa shape index (κ2) is 6.08. The van der Waals surface area contributed by atoms with Crippen LogP contribution in [-0.2, 0) is 5.75 Å². The van der Waals surface area contributed by atoms with Crippen molar-refractivity contribution in [2.75, 3.05) is 12.0 Å². The van der Waals surface area contributed by atoms with E-state index in [4.69, 9.17) is 5.73 Å². The molecule has 0 unspecified atom stereocenters. The van der Waals surface area contributed by atoms with E-state index in [-0.39, 0.29) is 0 Å². The first-order valence-corrected chi connectivity index (χ1v) is 8.55. The third-order valence-corrected chi connectivity index (χ3v) is 5.81. The van der Waals surface area contributed by atoms with E-state index in [1.807, 2.05) is 18.4 Å². The van der Waals surface area contributed by atoms with Gasteiger partial charge in [-0.15, -0.1) is 10.2 Å². The lowest BCUT2D eigenvalue weighted by atomic mass is 10.2. The van der Waals surface area contributed by atoms with Gasteiger partial charge in [-0.25, -0.2) is 0 Å². The number of benzene rings is 1. The van der Waals surface area contributed by atoms with Gasteiger partial charge in [-0.2, -0.15) is 0 Å². The molecule has 3 nitrogen and oxygen atoms in total. The maximum Gasteiger partial charge on any atom is 0.175 e. The van der Waals surface area contributed by atoms with Crippen molar-refractivity contribution in [1.82, 2.24) is 10.2 Å². The highest BCUT2D eigenvalue weighted by Crippen LogP contribution is 2.30. The number of anilines is 1. The van der Waals surface area contributed by atoms with E-state index in [1.165, 1.54) is 5.56 Å². The smallest absolute Gasteiger partial charge is 0.175 e. The lowest BCUT2D eigenvalue weighted by Crippen LogP contribution is -1.89. The zero-order valence-corrected chi connectivity index (χ0v) is 13.0. The van der Waals surface area contributed by atoms with Crippen LogP contribution in [0.1, 0.15) is 5.56 Å². The second-order valence-electron chi connectivity index (χ2n) is 3.18. The van der Waals surface area contributed by atoms with Crippen molar-refractivity contribution in [3.05, 3.63) is 28.2 Å². The Morgan fingerprint density at radius 2 is 2.12 bits per heavy atom. The largest absolute Gasteiger partial charge is 0.398 e. The van der Waals surface area contributed by atoms with Gasteiger partial charge >= 0.3 is 0 Å². The summed E-state index contributed by atoms with van der Waals surface area (Å²) in [6.45, 7) is 0. The number of aromatic nitrogens is 2. The summed E-state index contributed by atoms with van der Waals surface area (Å²) in [4.78, 5) is 0. The second-order valence-corrected chi connectivity index (χ2v) is 7.29. The molecule has 0 atom stereocenters. The van der Waals surface area contributed by atoms with E-state index in [0.717, 1.165) is 24.6 Å². The molecule has 2 rings (SSSR count). The molecule has 0 bridgehead atoms. The van der Waals surface area contributed by atoms with E-state index < -0.39 is 0 Å². The summed E-state index contributed by atoms with van der Waals surface area (Å²) in [6.07, 6.45) is 2.00. The molecule has 0 aliphatic rings. The van der Waals surface area contributed by atoms with Gasteiger partial charge in [0.15, 0.2) is 8.68 Å². The van der Waals surface area contributed by atoms with Crippen LogP contribution >= 0.6 is 50.8 Å². The Kier molecular flexibility index (Phi) is 4.72. The molecule has 1 aromatic heterocycles. The average molecular weight is 348 g/mol. The van der Waals surface area contributed by atoms with E-state index >= 15 is 0 Å². The molecule has 0 saturated heterocycles. The minimum absolute atomic E-state index is 0.769. The highest BCUT2D eigenvalue weighted by molar-refractivity contribution is 9.10. The lowest BCUT2D eigenvalue weighted by Gasteiger charge is -2.02. The summed E-state index contributed by atoms with van der Waals surface area (Å²) in [5.41, 5.74) is 7.79. The van der Waals surface area contributed by atoms with Gasteiger partial charge in [0.05, 0.1) is 0 Å². The number of hydrogen-bond acceptors (Lipinski definition) is 6. The predicted molar refractivity (Wildman–Crippen MR) is 79.8 cm³/mol. The van der Waals surface area contributed by atoms with Gasteiger partial charge in [0.25, 0.3) is 0 Å². The molecule has 0 saturated carbocycles. The van der Waals surface area contributed by atoms with Crippen molar-refractivity contribution in [3.8, 4) is 0 Å². The van der Waals surface area contributed by atoms with Crippen molar-refractivity contribution in [3.63, 3.8) is 0 Å². The maximum absolute atomic E-state index is 5.83. The Labute approximate surface area is 121 Å². The first-order chi connectivity index (χ1) is 8.19. The summed E-state index contributed by atoms with van der Waals surface area (Å²) in [7, 11) is 0. The zero-order chi connectivity index (χ0) is 12.3. The van der Waals surface area contributed by atoms with Crippen molar-refractivity contribution in [1.29, 1.82) is 0 Å². The van der Waals surface area contributed by atoms with Gasteiger partial charge in [-0.3, -0.25) is 0 Å². The standard InChI is InChI=1S/C10H10BrN3S3/c1-15-9-13-14-10(17-9)16-5-6-2-3-7(11)8(12)4-6/h2-4H,5,12H2,1H3. The third kappa shape index (κ3) is 3.61. The number of nitrogen functional groups attached to an aromatic ring is 1. The van der Waals surface area contributed by atoms with Crippen LogP contribution in [0.25, 0.3) is 0 Å². The van der Waals surface area contributed by atoms with Crippen molar-refractivity contribution >= 4 is 56.5 Å². The first-order valence-electron chi connectivity index (χ1n) is 4.73. The molecule has 0 fully saturated rings. The number of nitrogens with two attached hydrogens (primary N) is 1. The fraction of sp³-hybridized carbons (Fsp3) is 0.200. The SMILES string of the molecule is CSc1nnc(SCc2ccc(Br)c(N)c2)s1. The van der Waals surface area contributed by atoms with E-state index in [1.54, 1.807) is 34.9 Å². The molecular weight excluding hydrogens is 338 g/mol. The van der Waals surface area contributed by atoms with Gasteiger partial charge in [-0.05, 0) is 39.9 Å². The molecule has 1 aromatic carbocycles.